The number of rotatable bonds is 6. The molecule has 3 heteroatoms. The molecule has 0 aliphatic carbocycles. The second-order valence-corrected chi connectivity index (χ2v) is 6.34. The molecule has 0 radical (unpaired) electrons. The van der Waals surface area contributed by atoms with Crippen LogP contribution in [0.1, 0.15) is 44.9 Å². The standard InChI is InChI=1S/C17H29N3/c1-5-6-16-9-14(11-18-4)10-17(19-16)20-8-7-15(12-20)13(2)3/h9-10,13,15,18H,5-8,11-12H2,1-4H3. The Bertz CT molecular complexity index is 404. The fourth-order valence-electron chi connectivity index (χ4n) is 3.03. The summed E-state index contributed by atoms with van der Waals surface area (Å²) in [5.74, 6) is 2.78. The van der Waals surface area contributed by atoms with Gasteiger partial charge < -0.3 is 10.2 Å². The molecule has 1 unspecified atom stereocenters. The van der Waals surface area contributed by atoms with Gasteiger partial charge in [-0.3, -0.25) is 0 Å². The quantitative estimate of drug-likeness (QED) is 0.864. The normalized spacial score (nSPS) is 19.1. The molecule has 1 fully saturated rings. The summed E-state index contributed by atoms with van der Waals surface area (Å²) in [6, 6.07) is 4.51. The maximum absolute atomic E-state index is 4.88. The number of hydrogen-bond acceptors (Lipinski definition) is 3. The van der Waals surface area contributed by atoms with Crippen molar-refractivity contribution in [2.75, 3.05) is 25.0 Å². The largest absolute Gasteiger partial charge is 0.356 e. The lowest BCUT2D eigenvalue weighted by atomic mass is 9.95. The molecule has 2 rings (SSSR count). The molecule has 0 amide bonds. The number of aryl methyl sites for hydroxylation is 1. The first-order valence-corrected chi connectivity index (χ1v) is 8.03. The summed E-state index contributed by atoms with van der Waals surface area (Å²) in [7, 11) is 2.00. The minimum atomic E-state index is 0.774. The van der Waals surface area contributed by atoms with Crippen LogP contribution >= 0.6 is 0 Å². The van der Waals surface area contributed by atoms with Crippen LogP contribution in [-0.4, -0.2) is 25.1 Å². The molecule has 1 N–H and O–H groups in total. The first kappa shape index (κ1) is 15.3. The third kappa shape index (κ3) is 3.72. The van der Waals surface area contributed by atoms with E-state index in [1.165, 1.54) is 30.0 Å². The summed E-state index contributed by atoms with van der Waals surface area (Å²) in [6.07, 6.45) is 3.54. The molecular weight excluding hydrogens is 246 g/mol. The van der Waals surface area contributed by atoms with Gasteiger partial charge in [-0.1, -0.05) is 27.2 Å². The lowest BCUT2D eigenvalue weighted by Crippen LogP contribution is -2.23. The molecule has 1 aromatic rings. The maximum atomic E-state index is 4.88. The van der Waals surface area contributed by atoms with Gasteiger partial charge in [-0.2, -0.15) is 0 Å². The molecule has 1 aromatic heterocycles. The van der Waals surface area contributed by atoms with E-state index in [-0.39, 0.29) is 0 Å². The Labute approximate surface area is 123 Å². The van der Waals surface area contributed by atoms with Crippen molar-refractivity contribution in [2.45, 2.75) is 46.6 Å². The third-order valence-corrected chi connectivity index (χ3v) is 4.30. The molecule has 0 spiro atoms. The van der Waals surface area contributed by atoms with Crippen molar-refractivity contribution in [3.63, 3.8) is 0 Å². The van der Waals surface area contributed by atoms with Gasteiger partial charge >= 0.3 is 0 Å². The zero-order chi connectivity index (χ0) is 14.5. The average molecular weight is 275 g/mol. The summed E-state index contributed by atoms with van der Waals surface area (Å²) in [4.78, 5) is 7.35. The first-order valence-electron chi connectivity index (χ1n) is 8.03. The summed E-state index contributed by atoms with van der Waals surface area (Å²) >= 11 is 0. The lowest BCUT2D eigenvalue weighted by Gasteiger charge is -2.20. The van der Waals surface area contributed by atoms with E-state index in [0.29, 0.717) is 0 Å². The Morgan fingerprint density at radius 2 is 2.20 bits per heavy atom. The Morgan fingerprint density at radius 3 is 2.80 bits per heavy atom. The van der Waals surface area contributed by atoms with Crippen molar-refractivity contribution in [3.05, 3.63) is 23.4 Å². The molecule has 1 atom stereocenters. The van der Waals surface area contributed by atoms with Crippen LogP contribution < -0.4 is 10.2 Å². The second-order valence-electron chi connectivity index (χ2n) is 6.34. The summed E-state index contributed by atoms with van der Waals surface area (Å²) in [5, 5.41) is 3.25. The minimum Gasteiger partial charge on any atom is -0.356 e. The topological polar surface area (TPSA) is 28.2 Å². The van der Waals surface area contributed by atoms with Crippen LogP contribution in [0.25, 0.3) is 0 Å². The highest BCUT2D eigenvalue weighted by atomic mass is 15.2. The van der Waals surface area contributed by atoms with Crippen molar-refractivity contribution < 1.29 is 0 Å². The van der Waals surface area contributed by atoms with Crippen LogP contribution in [-0.2, 0) is 13.0 Å². The lowest BCUT2D eigenvalue weighted by molar-refractivity contribution is 0.422. The van der Waals surface area contributed by atoms with E-state index in [9.17, 15) is 0 Å². The zero-order valence-electron chi connectivity index (χ0n) is 13.4. The molecule has 112 valence electrons. The third-order valence-electron chi connectivity index (χ3n) is 4.30. The molecule has 0 bridgehead atoms. The molecule has 0 saturated carbocycles. The smallest absolute Gasteiger partial charge is 0.129 e. The van der Waals surface area contributed by atoms with Gasteiger partial charge in [-0.25, -0.2) is 4.98 Å². The molecule has 3 nitrogen and oxygen atoms in total. The Hall–Kier alpha value is -1.09. The Balaban J connectivity index is 2.17. The molecule has 1 aliphatic rings. The molecule has 2 heterocycles. The van der Waals surface area contributed by atoms with E-state index >= 15 is 0 Å². The highest BCUT2D eigenvalue weighted by Gasteiger charge is 2.25. The Kier molecular flexibility index (Phi) is 5.41. The predicted molar refractivity (Wildman–Crippen MR) is 86.2 cm³/mol. The van der Waals surface area contributed by atoms with Gasteiger partial charge in [-0.05, 0) is 49.4 Å². The van der Waals surface area contributed by atoms with Gasteiger partial charge in [0.05, 0.1) is 0 Å². The van der Waals surface area contributed by atoms with Crippen LogP contribution in [0.5, 0.6) is 0 Å². The van der Waals surface area contributed by atoms with Gasteiger partial charge in [0.2, 0.25) is 0 Å². The van der Waals surface area contributed by atoms with Gasteiger partial charge in [0.25, 0.3) is 0 Å². The number of hydrogen-bond donors (Lipinski definition) is 1. The van der Waals surface area contributed by atoms with Gasteiger partial charge in [0.15, 0.2) is 0 Å². The van der Waals surface area contributed by atoms with Crippen LogP contribution in [0, 0.1) is 11.8 Å². The minimum absolute atomic E-state index is 0.774. The van der Waals surface area contributed by atoms with E-state index in [1.54, 1.807) is 0 Å². The molecule has 1 saturated heterocycles. The number of pyridine rings is 1. The number of anilines is 1. The fourth-order valence-corrected chi connectivity index (χ4v) is 3.03. The van der Waals surface area contributed by atoms with Gasteiger partial charge in [0.1, 0.15) is 5.82 Å². The van der Waals surface area contributed by atoms with E-state index in [4.69, 9.17) is 4.98 Å². The van der Waals surface area contributed by atoms with Crippen molar-refractivity contribution >= 4 is 5.82 Å². The fraction of sp³-hybridized carbons (Fsp3) is 0.706. The van der Waals surface area contributed by atoms with Crippen molar-refractivity contribution in [1.82, 2.24) is 10.3 Å². The second kappa shape index (κ2) is 7.07. The monoisotopic (exact) mass is 275 g/mol. The van der Waals surface area contributed by atoms with Gasteiger partial charge in [-0.15, -0.1) is 0 Å². The Morgan fingerprint density at radius 1 is 1.40 bits per heavy atom. The highest BCUT2D eigenvalue weighted by molar-refractivity contribution is 5.44. The zero-order valence-corrected chi connectivity index (χ0v) is 13.4. The predicted octanol–water partition coefficient (Wildman–Crippen LogP) is 3.24. The number of aromatic nitrogens is 1. The van der Waals surface area contributed by atoms with E-state index in [1.807, 2.05) is 7.05 Å². The van der Waals surface area contributed by atoms with Crippen molar-refractivity contribution in [2.24, 2.45) is 11.8 Å². The summed E-state index contributed by atoms with van der Waals surface area (Å²) in [6.45, 7) is 10.1. The molecule has 20 heavy (non-hydrogen) atoms. The molecule has 1 aliphatic heterocycles. The van der Waals surface area contributed by atoms with E-state index < -0.39 is 0 Å². The van der Waals surface area contributed by atoms with Crippen molar-refractivity contribution in [1.29, 1.82) is 0 Å². The van der Waals surface area contributed by atoms with Crippen LogP contribution in [0.4, 0.5) is 5.82 Å². The number of nitrogens with zero attached hydrogens (tertiary/aromatic N) is 2. The average Bonchev–Trinajstić information content (AvgIpc) is 2.89. The molecule has 0 aromatic carbocycles. The van der Waals surface area contributed by atoms with Crippen LogP contribution in [0.3, 0.4) is 0 Å². The van der Waals surface area contributed by atoms with E-state index in [2.05, 4.69) is 43.1 Å². The molecular formula is C17H29N3. The van der Waals surface area contributed by atoms with Crippen molar-refractivity contribution in [3.8, 4) is 0 Å². The van der Waals surface area contributed by atoms with Crippen LogP contribution in [0.2, 0.25) is 0 Å². The summed E-state index contributed by atoms with van der Waals surface area (Å²) in [5.41, 5.74) is 2.59. The van der Waals surface area contributed by atoms with Gasteiger partial charge in [0, 0.05) is 25.3 Å². The van der Waals surface area contributed by atoms with Crippen LogP contribution in [0.15, 0.2) is 12.1 Å². The maximum Gasteiger partial charge on any atom is 0.129 e. The SMILES string of the molecule is CCCc1cc(CNC)cc(N2CCC(C(C)C)C2)n1. The first-order chi connectivity index (χ1) is 9.63. The summed E-state index contributed by atoms with van der Waals surface area (Å²) < 4.78 is 0. The highest BCUT2D eigenvalue weighted by Crippen LogP contribution is 2.28. The number of nitrogens with one attached hydrogen (secondary N) is 1. The van der Waals surface area contributed by atoms with E-state index in [0.717, 1.165) is 37.8 Å².